The Kier molecular flexibility index (Phi) is 4.29. The molecule has 0 aliphatic heterocycles. The van der Waals surface area contributed by atoms with Gasteiger partial charge < -0.3 is 0 Å². The van der Waals surface area contributed by atoms with Crippen molar-refractivity contribution in [3.63, 3.8) is 0 Å². The van der Waals surface area contributed by atoms with E-state index in [-0.39, 0.29) is 0 Å². The van der Waals surface area contributed by atoms with Crippen molar-refractivity contribution in [1.82, 2.24) is 0 Å². The molecular formula is C24H22. The summed E-state index contributed by atoms with van der Waals surface area (Å²) < 4.78 is 0. The lowest BCUT2D eigenvalue weighted by atomic mass is 9.84. The minimum absolute atomic E-state index is 0.466. The molecule has 0 aromatic heterocycles. The van der Waals surface area contributed by atoms with Gasteiger partial charge in [-0.1, -0.05) is 97.1 Å². The minimum Gasteiger partial charge on any atom is -0.0764 e. The molecule has 0 saturated heterocycles. The Labute approximate surface area is 144 Å². The number of fused-ring (bicyclic) bond motifs is 1. The lowest BCUT2D eigenvalue weighted by molar-refractivity contribution is 0.626. The molecule has 0 bridgehead atoms. The quantitative estimate of drug-likeness (QED) is 0.511. The summed E-state index contributed by atoms with van der Waals surface area (Å²) in [6.45, 7) is 0. The van der Waals surface area contributed by atoms with Gasteiger partial charge in [0.1, 0.15) is 0 Å². The molecule has 24 heavy (non-hydrogen) atoms. The molecule has 1 unspecified atom stereocenters. The Morgan fingerprint density at radius 3 is 1.92 bits per heavy atom. The van der Waals surface area contributed by atoms with E-state index in [1.54, 1.807) is 0 Å². The van der Waals surface area contributed by atoms with Gasteiger partial charge in [-0.3, -0.25) is 0 Å². The molecule has 0 N–H and O–H groups in total. The summed E-state index contributed by atoms with van der Waals surface area (Å²) in [6.07, 6.45) is 7.00. The SMILES string of the molecule is C1=CC(CCC(c2ccccc2)c2ccccc2)c2ccccc21. The average molecular weight is 310 g/mol. The topological polar surface area (TPSA) is 0 Å². The van der Waals surface area contributed by atoms with Gasteiger partial charge in [0.2, 0.25) is 0 Å². The predicted molar refractivity (Wildman–Crippen MR) is 102 cm³/mol. The molecule has 4 rings (SSSR count). The van der Waals surface area contributed by atoms with Crippen molar-refractivity contribution >= 4 is 6.08 Å². The molecule has 3 aromatic carbocycles. The zero-order chi connectivity index (χ0) is 16.2. The first-order valence-corrected chi connectivity index (χ1v) is 8.79. The highest BCUT2D eigenvalue weighted by atomic mass is 14.2. The van der Waals surface area contributed by atoms with Gasteiger partial charge in [0.15, 0.2) is 0 Å². The predicted octanol–water partition coefficient (Wildman–Crippen LogP) is 6.41. The third kappa shape index (κ3) is 3.05. The van der Waals surface area contributed by atoms with Gasteiger partial charge in [0.05, 0.1) is 0 Å². The first-order chi connectivity index (χ1) is 11.9. The largest absolute Gasteiger partial charge is 0.0764 e. The van der Waals surface area contributed by atoms with Crippen molar-refractivity contribution in [2.75, 3.05) is 0 Å². The summed E-state index contributed by atoms with van der Waals surface area (Å²) >= 11 is 0. The number of benzene rings is 3. The maximum absolute atomic E-state index is 2.37. The van der Waals surface area contributed by atoms with E-state index in [4.69, 9.17) is 0 Å². The number of hydrogen-bond donors (Lipinski definition) is 0. The van der Waals surface area contributed by atoms with Gasteiger partial charge >= 0.3 is 0 Å². The molecule has 0 nitrogen and oxygen atoms in total. The van der Waals surface area contributed by atoms with E-state index < -0.39 is 0 Å². The van der Waals surface area contributed by atoms with E-state index in [0.717, 1.165) is 6.42 Å². The summed E-state index contributed by atoms with van der Waals surface area (Å²) in [5.41, 5.74) is 5.70. The highest BCUT2D eigenvalue weighted by Crippen LogP contribution is 2.37. The molecule has 3 aromatic rings. The normalized spacial score (nSPS) is 15.6. The molecule has 1 aliphatic carbocycles. The van der Waals surface area contributed by atoms with Crippen LogP contribution in [0.4, 0.5) is 0 Å². The van der Waals surface area contributed by atoms with E-state index in [9.17, 15) is 0 Å². The van der Waals surface area contributed by atoms with Gasteiger partial charge in [-0.15, -0.1) is 0 Å². The number of allylic oxidation sites excluding steroid dienone is 1. The highest BCUT2D eigenvalue weighted by molar-refractivity contribution is 5.62. The summed E-state index contributed by atoms with van der Waals surface area (Å²) in [6, 6.07) is 30.6. The zero-order valence-electron chi connectivity index (χ0n) is 13.8. The van der Waals surface area contributed by atoms with Crippen molar-refractivity contribution in [2.45, 2.75) is 24.7 Å². The summed E-state index contributed by atoms with van der Waals surface area (Å²) in [5, 5.41) is 0. The minimum atomic E-state index is 0.466. The Morgan fingerprint density at radius 2 is 1.25 bits per heavy atom. The lowest BCUT2D eigenvalue weighted by Crippen LogP contribution is -2.04. The van der Waals surface area contributed by atoms with E-state index in [1.165, 1.54) is 28.7 Å². The van der Waals surface area contributed by atoms with Crippen LogP contribution in [0.3, 0.4) is 0 Å². The van der Waals surface area contributed by atoms with Crippen molar-refractivity contribution in [3.05, 3.63) is 113 Å². The van der Waals surface area contributed by atoms with Crippen LogP contribution in [0.5, 0.6) is 0 Å². The van der Waals surface area contributed by atoms with Gasteiger partial charge in [-0.05, 0) is 35.1 Å². The van der Waals surface area contributed by atoms with Crippen LogP contribution in [0.15, 0.2) is 91.0 Å². The highest BCUT2D eigenvalue weighted by Gasteiger charge is 2.20. The van der Waals surface area contributed by atoms with Crippen molar-refractivity contribution in [2.24, 2.45) is 0 Å². The lowest BCUT2D eigenvalue weighted by Gasteiger charge is -2.20. The number of rotatable bonds is 5. The Bertz CT molecular complexity index is 775. The van der Waals surface area contributed by atoms with E-state index in [1.807, 2.05) is 0 Å². The van der Waals surface area contributed by atoms with Crippen LogP contribution in [0.1, 0.15) is 46.9 Å². The molecular weight excluding hydrogens is 288 g/mol. The molecule has 0 fully saturated rings. The van der Waals surface area contributed by atoms with E-state index in [2.05, 4.69) is 97.1 Å². The third-order valence-electron chi connectivity index (χ3n) is 5.07. The average Bonchev–Trinajstić information content (AvgIpc) is 3.07. The first-order valence-electron chi connectivity index (χ1n) is 8.79. The molecule has 0 amide bonds. The monoisotopic (exact) mass is 310 g/mol. The molecule has 1 atom stereocenters. The van der Waals surface area contributed by atoms with Crippen molar-refractivity contribution in [1.29, 1.82) is 0 Å². The maximum Gasteiger partial charge on any atom is 0.00896 e. The molecule has 0 spiro atoms. The second-order valence-corrected chi connectivity index (χ2v) is 6.55. The molecule has 0 heterocycles. The maximum atomic E-state index is 2.37. The van der Waals surface area contributed by atoms with Gasteiger partial charge in [0.25, 0.3) is 0 Å². The molecule has 1 aliphatic rings. The van der Waals surface area contributed by atoms with Crippen molar-refractivity contribution in [3.8, 4) is 0 Å². The summed E-state index contributed by atoms with van der Waals surface area (Å²) in [7, 11) is 0. The Balaban J connectivity index is 1.57. The van der Waals surface area contributed by atoms with Crippen LogP contribution in [0.25, 0.3) is 6.08 Å². The second-order valence-electron chi connectivity index (χ2n) is 6.55. The summed E-state index contributed by atoms with van der Waals surface area (Å²) in [5.74, 6) is 1.02. The Hall–Kier alpha value is -2.60. The zero-order valence-corrected chi connectivity index (χ0v) is 13.8. The standard InChI is InChI=1S/C24H22/c1-3-9-19(10-4-1)24(20-11-5-2-6-12-20)18-17-22-16-15-21-13-7-8-14-23(21)22/h1-16,22,24H,17-18H2. The van der Waals surface area contributed by atoms with E-state index >= 15 is 0 Å². The third-order valence-corrected chi connectivity index (χ3v) is 5.07. The fourth-order valence-electron chi connectivity index (χ4n) is 3.82. The molecule has 0 heteroatoms. The van der Waals surface area contributed by atoms with Crippen LogP contribution in [0.2, 0.25) is 0 Å². The fourth-order valence-corrected chi connectivity index (χ4v) is 3.82. The van der Waals surface area contributed by atoms with Gasteiger partial charge in [-0.25, -0.2) is 0 Å². The molecule has 0 radical (unpaired) electrons. The smallest absolute Gasteiger partial charge is 0.00896 e. The summed E-state index contributed by atoms with van der Waals surface area (Å²) in [4.78, 5) is 0. The fraction of sp³-hybridized carbons (Fsp3) is 0.167. The van der Waals surface area contributed by atoms with Crippen molar-refractivity contribution < 1.29 is 0 Å². The second kappa shape index (κ2) is 6.88. The van der Waals surface area contributed by atoms with Gasteiger partial charge in [-0.2, -0.15) is 0 Å². The van der Waals surface area contributed by atoms with E-state index in [0.29, 0.717) is 11.8 Å². The number of hydrogen-bond acceptors (Lipinski definition) is 0. The molecule has 0 saturated carbocycles. The van der Waals surface area contributed by atoms with Crippen LogP contribution in [-0.2, 0) is 0 Å². The van der Waals surface area contributed by atoms with Crippen LogP contribution < -0.4 is 0 Å². The Morgan fingerprint density at radius 1 is 0.667 bits per heavy atom. The van der Waals surface area contributed by atoms with Gasteiger partial charge in [0, 0.05) is 11.8 Å². The van der Waals surface area contributed by atoms with Crippen LogP contribution in [0, 0.1) is 0 Å². The molecule has 118 valence electrons. The first kappa shape index (κ1) is 15.0. The van der Waals surface area contributed by atoms with Crippen LogP contribution >= 0.6 is 0 Å². The van der Waals surface area contributed by atoms with Crippen LogP contribution in [-0.4, -0.2) is 0 Å².